The van der Waals surface area contributed by atoms with Crippen LogP contribution in [0.3, 0.4) is 0 Å². The average Bonchev–Trinajstić information content (AvgIpc) is 2.28. The number of para-hydroxylation sites is 1. The van der Waals surface area contributed by atoms with Gasteiger partial charge in [-0.3, -0.25) is 0 Å². The fraction of sp³-hybridized carbons (Fsp3) is 0.250. The maximum atomic E-state index is 10.8. The highest BCUT2D eigenvalue weighted by atomic mass is 16.5. The Morgan fingerprint density at radius 2 is 2.13 bits per heavy atom. The van der Waals surface area contributed by atoms with Gasteiger partial charge in [0.05, 0.1) is 19.3 Å². The second-order valence-corrected chi connectivity index (χ2v) is 2.67. The van der Waals surface area contributed by atoms with Crippen molar-refractivity contribution in [1.29, 1.82) is 0 Å². The lowest BCUT2D eigenvalue weighted by Gasteiger charge is -2.04. The van der Waals surface area contributed by atoms with Gasteiger partial charge in [0.15, 0.2) is 0 Å². The summed E-state index contributed by atoms with van der Waals surface area (Å²) in [4.78, 5) is 10.8. The van der Waals surface area contributed by atoms with Crippen LogP contribution in [-0.2, 0) is 9.53 Å². The molecule has 1 aromatic carbocycles. The molecule has 3 heteroatoms. The number of carbonyl (C=O) groups is 1. The Morgan fingerprint density at radius 1 is 1.40 bits per heavy atom. The fourth-order valence-electron chi connectivity index (χ4n) is 1.02. The third-order valence-corrected chi connectivity index (χ3v) is 1.67. The van der Waals surface area contributed by atoms with E-state index in [1.54, 1.807) is 6.07 Å². The molecule has 78 valence electrons. The Labute approximate surface area is 89.0 Å². The Hall–Kier alpha value is -1.95. The fourth-order valence-corrected chi connectivity index (χ4v) is 1.02. The number of carbonyl (C=O) groups excluding carboxylic acids is 1. The first-order chi connectivity index (χ1) is 7.27. The van der Waals surface area contributed by atoms with Crippen LogP contribution in [0.1, 0.15) is 12.5 Å². The molecule has 1 rings (SSSR count). The number of hydrogen-bond acceptors (Lipinski definition) is 3. The van der Waals surface area contributed by atoms with Gasteiger partial charge in [0.2, 0.25) is 0 Å². The summed E-state index contributed by atoms with van der Waals surface area (Å²) in [5.74, 6) is 5.18. The smallest absolute Gasteiger partial charge is 0.384 e. The number of benzene rings is 1. The molecule has 0 aliphatic carbocycles. The van der Waals surface area contributed by atoms with Crippen molar-refractivity contribution >= 4 is 5.97 Å². The van der Waals surface area contributed by atoms with Crippen molar-refractivity contribution < 1.29 is 14.3 Å². The van der Waals surface area contributed by atoms with E-state index < -0.39 is 5.97 Å². The standard InChI is InChI=1S/C12H12O3/c1-3-15-11-7-5-4-6-10(11)8-9-12(13)14-2/h4-7H,3H2,1-2H3. The lowest BCUT2D eigenvalue weighted by molar-refractivity contribution is -0.133. The van der Waals surface area contributed by atoms with Crippen molar-refractivity contribution in [2.45, 2.75) is 6.92 Å². The van der Waals surface area contributed by atoms with Gasteiger partial charge in [0.25, 0.3) is 0 Å². The molecule has 0 aromatic heterocycles. The quantitative estimate of drug-likeness (QED) is 0.542. The maximum absolute atomic E-state index is 10.8. The monoisotopic (exact) mass is 204 g/mol. The minimum atomic E-state index is -0.554. The molecule has 0 saturated carbocycles. The predicted octanol–water partition coefficient (Wildman–Crippen LogP) is 1.61. The SMILES string of the molecule is CCOc1ccccc1C#CC(=O)OC. The second kappa shape index (κ2) is 5.71. The van der Waals surface area contributed by atoms with Crippen molar-refractivity contribution in [2.75, 3.05) is 13.7 Å². The molecular weight excluding hydrogens is 192 g/mol. The Bertz CT molecular complexity index is 399. The lowest BCUT2D eigenvalue weighted by atomic mass is 10.2. The van der Waals surface area contributed by atoms with E-state index in [2.05, 4.69) is 16.6 Å². The summed E-state index contributed by atoms with van der Waals surface area (Å²) in [6.07, 6.45) is 0. The van der Waals surface area contributed by atoms with E-state index in [1.807, 2.05) is 25.1 Å². The van der Waals surface area contributed by atoms with Crippen LogP contribution in [0.25, 0.3) is 0 Å². The largest absolute Gasteiger partial charge is 0.493 e. The summed E-state index contributed by atoms with van der Waals surface area (Å²) in [7, 11) is 1.30. The second-order valence-electron chi connectivity index (χ2n) is 2.67. The topological polar surface area (TPSA) is 35.5 Å². The summed E-state index contributed by atoms with van der Waals surface area (Å²) in [5.41, 5.74) is 0.685. The first kappa shape index (κ1) is 11.1. The van der Waals surface area contributed by atoms with Crippen molar-refractivity contribution in [1.82, 2.24) is 0 Å². The zero-order valence-corrected chi connectivity index (χ0v) is 8.74. The molecule has 1 aromatic rings. The molecule has 0 bridgehead atoms. The van der Waals surface area contributed by atoms with Crippen molar-refractivity contribution in [3.05, 3.63) is 29.8 Å². The molecular formula is C12H12O3. The molecule has 0 aliphatic rings. The van der Waals surface area contributed by atoms with Gasteiger partial charge in [-0.05, 0) is 19.1 Å². The Balaban J connectivity index is 2.91. The molecule has 0 aliphatic heterocycles. The minimum Gasteiger partial charge on any atom is -0.493 e. The van der Waals surface area contributed by atoms with E-state index in [4.69, 9.17) is 4.74 Å². The molecule has 15 heavy (non-hydrogen) atoms. The van der Waals surface area contributed by atoms with E-state index in [0.717, 1.165) is 0 Å². The number of esters is 1. The first-order valence-corrected chi connectivity index (χ1v) is 4.59. The molecule has 3 nitrogen and oxygen atoms in total. The normalized spacial score (nSPS) is 8.67. The summed E-state index contributed by atoms with van der Waals surface area (Å²) < 4.78 is 9.77. The van der Waals surface area contributed by atoms with Gasteiger partial charge in [-0.2, -0.15) is 0 Å². The van der Waals surface area contributed by atoms with Crippen LogP contribution in [0.5, 0.6) is 5.75 Å². The molecule has 0 radical (unpaired) electrons. The van der Waals surface area contributed by atoms with Gasteiger partial charge in [-0.25, -0.2) is 4.79 Å². The van der Waals surface area contributed by atoms with Crippen LogP contribution < -0.4 is 4.74 Å². The van der Waals surface area contributed by atoms with Crippen molar-refractivity contribution in [2.24, 2.45) is 0 Å². The molecule has 0 N–H and O–H groups in total. The highest BCUT2D eigenvalue weighted by Crippen LogP contribution is 2.16. The van der Waals surface area contributed by atoms with Gasteiger partial charge in [0.1, 0.15) is 5.75 Å². The lowest BCUT2D eigenvalue weighted by Crippen LogP contribution is -1.96. The maximum Gasteiger partial charge on any atom is 0.384 e. The van der Waals surface area contributed by atoms with Crippen molar-refractivity contribution in [3.63, 3.8) is 0 Å². The van der Waals surface area contributed by atoms with E-state index in [9.17, 15) is 4.79 Å². The third kappa shape index (κ3) is 3.35. The predicted molar refractivity (Wildman–Crippen MR) is 56.5 cm³/mol. The zero-order valence-electron chi connectivity index (χ0n) is 8.74. The highest BCUT2D eigenvalue weighted by Gasteiger charge is 1.98. The van der Waals surface area contributed by atoms with Crippen LogP contribution >= 0.6 is 0 Å². The Morgan fingerprint density at radius 3 is 2.80 bits per heavy atom. The van der Waals surface area contributed by atoms with Gasteiger partial charge in [-0.15, -0.1) is 0 Å². The number of rotatable bonds is 2. The summed E-state index contributed by atoms with van der Waals surface area (Å²) in [6.45, 7) is 2.46. The van der Waals surface area contributed by atoms with Crippen LogP contribution in [0.2, 0.25) is 0 Å². The molecule has 0 atom stereocenters. The molecule has 0 saturated heterocycles. The molecule has 0 amide bonds. The van der Waals surface area contributed by atoms with Gasteiger partial charge in [-0.1, -0.05) is 18.1 Å². The molecule has 0 fully saturated rings. The first-order valence-electron chi connectivity index (χ1n) is 4.59. The van der Waals surface area contributed by atoms with E-state index in [0.29, 0.717) is 17.9 Å². The summed E-state index contributed by atoms with van der Waals surface area (Å²) in [5, 5.41) is 0. The number of hydrogen-bond donors (Lipinski definition) is 0. The van der Waals surface area contributed by atoms with Crippen LogP contribution in [-0.4, -0.2) is 19.7 Å². The number of methoxy groups -OCH3 is 1. The van der Waals surface area contributed by atoms with E-state index >= 15 is 0 Å². The average molecular weight is 204 g/mol. The molecule has 0 unspecified atom stereocenters. The van der Waals surface area contributed by atoms with Gasteiger partial charge < -0.3 is 9.47 Å². The van der Waals surface area contributed by atoms with Crippen molar-refractivity contribution in [3.8, 4) is 17.6 Å². The zero-order chi connectivity index (χ0) is 11.1. The summed E-state index contributed by atoms with van der Waals surface area (Å²) in [6, 6.07) is 7.30. The molecule has 0 heterocycles. The van der Waals surface area contributed by atoms with Crippen LogP contribution in [0.4, 0.5) is 0 Å². The Kier molecular flexibility index (Phi) is 4.24. The molecule has 0 spiro atoms. The van der Waals surface area contributed by atoms with Gasteiger partial charge >= 0.3 is 5.97 Å². The highest BCUT2D eigenvalue weighted by molar-refractivity contribution is 5.89. The van der Waals surface area contributed by atoms with Gasteiger partial charge in [0, 0.05) is 5.92 Å². The third-order valence-electron chi connectivity index (χ3n) is 1.67. The number of ether oxygens (including phenoxy) is 2. The van der Waals surface area contributed by atoms with E-state index in [1.165, 1.54) is 7.11 Å². The summed E-state index contributed by atoms with van der Waals surface area (Å²) >= 11 is 0. The van der Waals surface area contributed by atoms with Crippen LogP contribution in [0.15, 0.2) is 24.3 Å². The minimum absolute atomic E-state index is 0.554. The van der Waals surface area contributed by atoms with E-state index in [-0.39, 0.29) is 0 Å². The van der Waals surface area contributed by atoms with Crippen LogP contribution in [0, 0.1) is 11.8 Å².